The fourth-order valence-corrected chi connectivity index (χ4v) is 2.21. The minimum atomic E-state index is -3.51. The summed E-state index contributed by atoms with van der Waals surface area (Å²) in [5.41, 5.74) is 0.0220. The Morgan fingerprint density at radius 3 is 2.54 bits per heavy atom. The molecule has 1 aliphatic heterocycles. The minimum absolute atomic E-state index is 0.0220. The molecule has 0 bridgehead atoms. The summed E-state index contributed by atoms with van der Waals surface area (Å²) in [6.07, 6.45) is 6.95. The van der Waals surface area contributed by atoms with Crippen LogP contribution in [0.1, 0.15) is 12.8 Å². The number of rotatable bonds is 1. The molecule has 1 unspecified atom stereocenters. The first-order valence-electron chi connectivity index (χ1n) is 4.19. The Hall–Kier alpha value is -0.650. The molecule has 2 rings (SSSR count). The van der Waals surface area contributed by atoms with Crippen LogP contribution in [0.25, 0.3) is 0 Å². The van der Waals surface area contributed by atoms with Crippen molar-refractivity contribution in [2.75, 3.05) is 6.54 Å². The van der Waals surface area contributed by atoms with E-state index < -0.39 is 10.0 Å². The highest BCUT2D eigenvalue weighted by Gasteiger charge is 2.35. The average molecular weight is 200 g/mol. The highest BCUT2D eigenvalue weighted by molar-refractivity contribution is 7.93. The fraction of sp³-hybridized carbons (Fsp3) is 0.500. The number of hydrogen-bond donors (Lipinski definition) is 2. The maximum Gasteiger partial charge on any atom is 0.237 e. The minimum Gasteiger partial charge on any atom is -0.307 e. The van der Waals surface area contributed by atoms with Crippen molar-refractivity contribution in [3.8, 4) is 0 Å². The van der Waals surface area contributed by atoms with Crippen molar-refractivity contribution in [1.82, 2.24) is 5.32 Å². The fourth-order valence-electron chi connectivity index (χ4n) is 1.63. The molecule has 1 aliphatic carbocycles. The second-order valence-corrected chi connectivity index (χ2v) is 5.08. The van der Waals surface area contributed by atoms with Gasteiger partial charge in [-0.1, -0.05) is 12.2 Å². The summed E-state index contributed by atoms with van der Waals surface area (Å²) in [5.74, 6) is 0. The molecule has 0 amide bonds. The van der Waals surface area contributed by atoms with E-state index in [4.69, 9.17) is 5.14 Å². The van der Waals surface area contributed by atoms with Crippen LogP contribution in [0.3, 0.4) is 0 Å². The Bertz CT molecular complexity index is 377. The van der Waals surface area contributed by atoms with E-state index in [0.29, 0.717) is 0 Å². The van der Waals surface area contributed by atoms with E-state index in [0.717, 1.165) is 19.4 Å². The van der Waals surface area contributed by atoms with E-state index in [-0.39, 0.29) is 10.4 Å². The van der Waals surface area contributed by atoms with Crippen LogP contribution in [0, 0.1) is 0 Å². The Kier molecular flexibility index (Phi) is 1.83. The van der Waals surface area contributed by atoms with Crippen LogP contribution in [0.2, 0.25) is 0 Å². The van der Waals surface area contributed by atoms with E-state index in [1.807, 2.05) is 6.08 Å². The Labute approximate surface area is 77.6 Å². The van der Waals surface area contributed by atoms with Crippen molar-refractivity contribution in [3.05, 3.63) is 23.1 Å². The molecule has 0 aromatic heterocycles. The van der Waals surface area contributed by atoms with Gasteiger partial charge in [0, 0.05) is 5.54 Å². The Morgan fingerprint density at radius 1 is 1.54 bits per heavy atom. The van der Waals surface area contributed by atoms with Gasteiger partial charge >= 0.3 is 0 Å². The first-order chi connectivity index (χ1) is 6.02. The monoisotopic (exact) mass is 200 g/mol. The second kappa shape index (κ2) is 2.67. The molecule has 0 radical (unpaired) electrons. The van der Waals surface area contributed by atoms with Crippen molar-refractivity contribution in [2.24, 2.45) is 5.14 Å². The smallest absolute Gasteiger partial charge is 0.237 e. The summed E-state index contributed by atoms with van der Waals surface area (Å²) >= 11 is 0. The number of allylic oxidation sites excluding steroid dienone is 1. The molecule has 13 heavy (non-hydrogen) atoms. The number of primary sulfonamides is 1. The van der Waals surface area contributed by atoms with E-state index in [1.54, 1.807) is 12.2 Å². The first kappa shape index (κ1) is 8.93. The molecule has 1 spiro atoms. The molecule has 1 fully saturated rings. The topological polar surface area (TPSA) is 72.2 Å². The van der Waals surface area contributed by atoms with Crippen LogP contribution in [-0.2, 0) is 10.0 Å². The summed E-state index contributed by atoms with van der Waals surface area (Å²) in [6.45, 7) is 1.00. The number of hydrogen-bond acceptors (Lipinski definition) is 3. The van der Waals surface area contributed by atoms with Crippen molar-refractivity contribution >= 4 is 10.0 Å². The number of sulfonamides is 1. The number of nitrogens with two attached hydrogens (primary N) is 1. The van der Waals surface area contributed by atoms with Gasteiger partial charge in [0.15, 0.2) is 0 Å². The predicted molar refractivity (Wildman–Crippen MR) is 50.3 cm³/mol. The van der Waals surface area contributed by atoms with E-state index in [9.17, 15) is 8.42 Å². The van der Waals surface area contributed by atoms with Crippen LogP contribution in [0.4, 0.5) is 0 Å². The van der Waals surface area contributed by atoms with Gasteiger partial charge in [-0.2, -0.15) is 0 Å². The van der Waals surface area contributed by atoms with Crippen molar-refractivity contribution in [1.29, 1.82) is 0 Å². The standard InChI is InChI=1S/C8H12N2O2S/c9-13(11,12)7-1-3-8(4-2-7)5-6-10-8/h1-3,10H,4-6H2,(H2,9,11,12). The molecule has 72 valence electrons. The molecule has 4 nitrogen and oxygen atoms in total. The zero-order valence-electron chi connectivity index (χ0n) is 7.16. The summed E-state index contributed by atoms with van der Waals surface area (Å²) in [5, 5.41) is 8.26. The third-order valence-electron chi connectivity index (χ3n) is 2.61. The van der Waals surface area contributed by atoms with Gasteiger partial charge in [-0.25, -0.2) is 13.6 Å². The highest BCUT2D eigenvalue weighted by Crippen LogP contribution is 2.30. The van der Waals surface area contributed by atoms with Crippen LogP contribution in [0.5, 0.6) is 0 Å². The summed E-state index contributed by atoms with van der Waals surface area (Å²) in [6, 6.07) is 0. The zero-order chi connectivity index (χ0) is 9.53. The van der Waals surface area contributed by atoms with Gasteiger partial charge in [0.25, 0.3) is 0 Å². The Balaban J connectivity index is 2.19. The van der Waals surface area contributed by atoms with Gasteiger partial charge in [-0.05, 0) is 25.5 Å². The van der Waals surface area contributed by atoms with E-state index in [2.05, 4.69) is 5.32 Å². The predicted octanol–water partition coefficient (Wildman–Crippen LogP) is -0.149. The Morgan fingerprint density at radius 2 is 2.23 bits per heavy atom. The van der Waals surface area contributed by atoms with Crippen LogP contribution < -0.4 is 10.5 Å². The molecule has 5 heteroatoms. The third-order valence-corrected chi connectivity index (χ3v) is 3.57. The van der Waals surface area contributed by atoms with Crippen molar-refractivity contribution < 1.29 is 8.42 Å². The summed E-state index contributed by atoms with van der Waals surface area (Å²) in [7, 11) is -3.51. The quantitative estimate of drug-likeness (QED) is 0.618. The SMILES string of the molecule is NS(=O)(=O)C1=CCC2(C=C1)CCN2. The first-order valence-corrected chi connectivity index (χ1v) is 5.74. The van der Waals surface area contributed by atoms with Gasteiger partial charge in [0.1, 0.15) is 0 Å². The van der Waals surface area contributed by atoms with Crippen molar-refractivity contribution in [2.45, 2.75) is 18.4 Å². The molecule has 1 heterocycles. The molecule has 1 saturated heterocycles. The lowest BCUT2D eigenvalue weighted by Crippen LogP contribution is -2.55. The molecule has 0 aromatic carbocycles. The lowest BCUT2D eigenvalue weighted by Gasteiger charge is -2.41. The summed E-state index contributed by atoms with van der Waals surface area (Å²) < 4.78 is 21.9. The molecular weight excluding hydrogens is 188 g/mol. The number of nitrogens with one attached hydrogen (secondary N) is 1. The molecule has 0 aromatic rings. The highest BCUT2D eigenvalue weighted by atomic mass is 32.2. The lowest BCUT2D eigenvalue weighted by molar-refractivity contribution is 0.273. The molecule has 3 N–H and O–H groups in total. The third kappa shape index (κ3) is 1.54. The maximum absolute atomic E-state index is 10.9. The average Bonchev–Trinajstić information content (AvgIpc) is 2.00. The molecule has 1 atom stereocenters. The normalized spacial score (nSPS) is 32.8. The zero-order valence-corrected chi connectivity index (χ0v) is 7.97. The van der Waals surface area contributed by atoms with Gasteiger partial charge < -0.3 is 5.32 Å². The van der Waals surface area contributed by atoms with Gasteiger partial charge in [0.05, 0.1) is 4.91 Å². The maximum atomic E-state index is 10.9. The lowest BCUT2D eigenvalue weighted by atomic mass is 9.82. The van der Waals surface area contributed by atoms with Gasteiger partial charge in [0.2, 0.25) is 10.0 Å². The van der Waals surface area contributed by atoms with Crippen LogP contribution >= 0.6 is 0 Å². The van der Waals surface area contributed by atoms with Crippen LogP contribution in [-0.4, -0.2) is 20.5 Å². The second-order valence-electron chi connectivity index (χ2n) is 3.52. The summed E-state index contributed by atoms with van der Waals surface area (Å²) in [4.78, 5) is 0.229. The van der Waals surface area contributed by atoms with Crippen LogP contribution in [0.15, 0.2) is 23.1 Å². The largest absolute Gasteiger partial charge is 0.307 e. The van der Waals surface area contributed by atoms with E-state index in [1.165, 1.54) is 0 Å². The molecular formula is C8H12N2O2S. The molecule has 0 saturated carbocycles. The van der Waals surface area contributed by atoms with E-state index >= 15 is 0 Å². The van der Waals surface area contributed by atoms with Crippen molar-refractivity contribution in [3.63, 3.8) is 0 Å². The molecule has 2 aliphatic rings. The van der Waals surface area contributed by atoms with Gasteiger partial charge in [-0.3, -0.25) is 0 Å². The van der Waals surface area contributed by atoms with Gasteiger partial charge in [-0.15, -0.1) is 0 Å².